The average molecular weight is 1430 g/mol. The molecule has 0 fully saturated rings. The van der Waals surface area contributed by atoms with E-state index >= 15 is 0 Å². The lowest BCUT2D eigenvalue weighted by Crippen LogP contribution is -2.25. The number of hydrogen-bond donors (Lipinski definition) is 13. The second-order valence-electron chi connectivity index (χ2n) is 35.2. The lowest BCUT2D eigenvalue weighted by molar-refractivity contribution is 0.0327. The largest absolute Gasteiger partial charge is 0.396 e. The molecule has 0 amide bonds. The van der Waals surface area contributed by atoms with Gasteiger partial charge < -0.3 is 66.4 Å². The molecule has 98 heavy (non-hydrogen) atoms. The maximum absolute atomic E-state index is 9.19. The van der Waals surface area contributed by atoms with E-state index in [1.165, 1.54) is 12.8 Å². The van der Waals surface area contributed by atoms with Crippen molar-refractivity contribution in [1.82, 2.24) is 0 Å². The van der Waals surface area contributed by atoms with E-state index in [1.807, 2.05) is 83.1 Å². The highest BCUT2D eigenvalue weighted by Gasteiger charge is 2.20. The molecule has 13 heteroatoms. The SMILES string of the molecule is CC(C)C(C)(C)CO.CC(C)C(C)(C)O.CC(C)C(C)C(C)O.CC(C)C(C)CCO.CC(C)C(C)CO.CC(C)C(C)O.CC(C)CC(C)(C)O.CC(C)CC(C)CO.CC(C)CC(C)O.CC(C)CCC(C)O.CC(C)CCCCO.CC(C)CCCO.CCC(CO)C(C)C. The molecule has 0 aromatic rings. The monoisotopic (exact) mass is 1430 g/mol. The van der Waals surface area contributed by atoms with E-state index in [4.69, 9.17) is 61.3 Å². The molecule has 0 heterocycles. The van der Waals surface area contributed by atoms with Crippen molar-refractivity contribution in [1.29, 1.82) is 0 Å². The van der Waals surface area contributed by atoms with E-state index in [0.717, 1.165) is 87.9 Å². The zero-order chi connectivity index (χ0) is 81.6. The highest BCUT2D eigenvalue weighted by molar-refractivity contribution is 4.70. The number of unbranched alkanes of at least 4 members (excludes halogenated alkanes) is 1. The lowest BCUT2D eigenvalue weighted by atomic mass is 9.82. The molecule has 0 aromatic carbocycles. The number of aliphatic hydroxyl groups is 13. The van der Waals surface area contributed by atoms with Crippen LogP contribution in [-0.2, 0) is 0 Å². The summed E-state index contributed by atoms with van der Waals surface area (Å²) in [5.74, 6) is 10.6. The summed E-state index contributed by atoms with van der Waals surface area (Å²) < 4.78 is 0. The zero-order valence-electron chi connectivity index (χ0n) is 74.5. The summed E-state index contributed by atoms with van der Waals surface area (Å²) in [6.07, 6.45) is 12.0. The molecule has 0 aliphatic carbocycles. The molecule has 0 radical (unpaired) electrons. The third kappa shape index (κ3) is 146. The van der Waals surface area contributed by atoms with E-state index in [9.17, 15) is 5.11 Å². The number of aliphatic hydroxyl groups excluding tert-OH is 11. The number of rotatable bonds is 31. The topological polar surface area (TPSA) is 263 Å². The van der Waals surface area contributed by atoms with Crippen LogP contribution in [0.4, 0.5) is 0 Å². The fourth-order valence-corrected chi connectivity index (χ4v) is 6.60. The van der Waals surface area contributed by atoms with Crippen molar-refractivity contribution in [2.45, 2.75) is 397 Å². The van der Waals surface area contributed by atoms with Gasteiger partial charge in [-0.2, -0.15) is 0 Å². The van der Waals surface area contributed by atoms with Crippen molar-refractivity contribution in [2.24, 2.45) is 112 Å². The molecule has 0 aromatic heterocycles. The Kier molecular flexibility index (Phi) is 109. The van der Waals surface area contributed by atoms with E-state index in [-0.39, 0.29) is 36.4 Å². The molecule has 0 bridgehead atoms. The first-order valence-corrected chi connectivity index (χ1v) is 39.5. The summed E-state index contributed by atoms with van der Waals surface area (Å²) >= 11 is 0. The van der Waals surface area contributed by atoms with Crippen molar-refractivity contribution >= 4 is 0 Å². The fourth-order valence-electron chi connectivity index (χ4n) is 6.60. The highest BCUT2D eigenvalue weighted by Crippen LogP contribution is 2.24. The molecule has 614 valence electrons. The Morgan fingerprint density at radius 1 is 0.316 bits per heavy atom. The number of hydrogen-bond acceptors (Lipinski definition) is 13. The second kappa shape index (κ2) is 83.7. The highest BCUT2D eigenvalue weighted by atomic mass is 16.3. The van der Waals surface area contributed by atoms with E-state index in [2.05, 4.69) is 194 Å². The van der Waals surface area contributed by atoms with Crippen LogP contribution in [0.25, 0.3) is 0 Å². The van der Waals surface area contributed by atoms with Gasteiger partial charge in [-0.15, -0.1) is 0 Å². The quantitative estimate of drug-likeness (QED) is 0.0289. The standard InChI is InChI=1S/8C7H16O.4C6H14O.C5H12O/c1-6(2)7(3,4)5-8;1-6(2)5-7(3,4)8;1-6(2)4-7(3)5-8;1-6(2)7(3)4-5-8;1-6(2)4-5-7(3)8;1-5(2)6(3)7(4)8;1-7(2)5-3-4-6-8;1-4-7(5-8)6(2)3;1-5(2)6(3,4)7;1-5(2)6(3)4-7;1-5(2)4-6(3)7;1-6(2)4-3-5-7;1-4(2)5(3)6/h2*6,8H,5H2,1-4H3;3*6-8H,4-5H2,1-3H3;5-8H,1-4H3;7-8H,3-6H2,1-2H3;6-8H,4-5H2,1-3H3;5,7H,1-4H3;2*5-7H,4H2,1-3H3;6-7H,3-5H2,1-2H3;4-6H,1-3H3. The molecule has 0 saturated heterocycles. The van der Waals surface area contributed by atoms with Crippen LogP contribution in [-0.4, -0.2) is 148 Å². The second-order valence-corrected chi connectivity index (χ2v) is 35.2. The maximum atomic E-state index is 9.19. The van der Waals surface area contributed by atoms with E-state index in [1.54, 1.807) is 6.92 Å². The van der Waals surface area contributed by atoms with E-state index < -0.39 is 11.2 Å². The molecular weight excluding hydrogens is 1230 g/mol. The molecular formula is C85H196O13. The van der Waals surface area contributed by atoms with Crippen LogP contribution in [0.5, 0.6) is 0 Å². The lowest BCUT2D eigenvalue weighted by Gasteiger charge is -2.25. The molecule has 0 rings (SSSR count). The van der Waals surface area contributed by atoms with Crippen molar-refractivity contribution < 1.29 is 66.4 Å². The molecule has 13 nitrogen and oxygen atoms in total. The van der Waals surface area contributed by atoms with E-state index in [0.29, 0.717) is 122 Å². The predicted molar refractivity (Wildman–Crippen MR) is 437 cm³/mol. The summed E-state index contributed by atoms with van der Waals surface area (Å²) in [5, 5.41) is 113. The fraction of sp³-hybridized carbons (Fsp3) is 1.00. The van der Waals surface area contributed by atoms with Crippen molar-refractivity contribution in [2.75, 3.05) is 46.2 Å². The first-order chi connectivity index (χ1) is 44.1. The van der Waals surface area contributed by atoms with Gasteiger partial charge in [0.25, 0.3) is 0 Å². The normalized spacial score (nSPS) is 14.0. The minimum absolute atomic E-state index is 0.0972. The van der Waals surface area contributed by atoms with Gasteiger partial charge in [-0.1, -0.05) is 248 Å². The molecule has 0 aliphatic heterocycles. The predicted octanol–water partition coefficient (Wildman–Crippen LogP) is 20.3. The first kappa shape index (κ1) is 127. The average Bonchev–Trinajstić information content (AvgIpc) is 1.15. The van der Waals surface area contributed by atoms with Gasteiger partial charge in [0, 0.05) is 46.2 Å². The van der Waals surface area contributed by atoms with Crippen LogP contribution in [0.3, 0.4) is 0 Å². The van der Waals surface area contributed by atoms with Crippen molar-refractivity contribution in [3.05, 3.63) is 0 Å². The first-order valence-electron chi connectivity index (χ1n) is 39.5. The Morgan fingerprint density at radius 3 is 0.755 bits per heavy atom. The van der Waals surface area contributed by atoms with Crippen LogP contribution >= 0.6 is 0 Å². The van der Waals surface area contributed by atoms with Crippen LogP contribution in [0.1, 0.15) is 361 Å². The maximum Gasteiger partial charge on any atom is 0.0614 e. The minimum atomic E-state index is -0.500. The van der Waals surface area contributed by atoms with Gasteiger partial charge >= 0.3 is 0 Å². The van der Waals surface area contributed by atoms with Gasteiger partial charge in [-0.25, -0.2) is 0 Å². The Hall–Kier alpha value is -0.520. The third-order valence-electron chi connectivity index (χ3n) is 17.2. The van der Waals surface area contributed by atoms with Crippen LogP contribution in [0.15, 0.2) is 0 Å². The Labute approximate surface area is 618 Å². The van der Waals surface area contributed by atoms with Gasteiger partial charge in [0.05, 0.1) is 35.6 Å². The summed E-state index contributed by atoms with van der Waals surface area (Å²) in [4.78, 5) is 0. The molecule has 0 aliphatic rings. The van der Waals surface area contributed by atoms with Crippen LogP contribution in [0, 0.1) is 112 Å². The zero-order valence-corrected chi connectivity index (χ0v) is 74.5. The summed E-state index contributed by atoms with van der Waals surface area (Å²) in [6.45, 7) is 86.7. The Bertz CT molecular complexity index is 1340. The molecule has 13 N–H and O–H groups in total. The Morgan fingerprint density at radius 2 is 0.684 bits per heavy atom. The van der Waals surface area contributed by atoms with Gasteiger partial charge in [0.2, 0.25) is 0 Å². The summed E-state index contributed by atoms with van der Waals surface area (Å²) in [7, 11) is 0. The summed E-state index contributed by atoms with van der Waals surface area (Å²) in [6, 6.07) is 0. The van der Waals surface area contributed by atoms with Crippen LogP contribution in [0.2, 0.25) is 0 Å². The summed E-state index contributed by atoms with van der Waals surface area (Å²) in [5.41, 5.74) is -0.881. The van der Waals surface area contributed by atoms with Crippen LogP contribution < -0.4 is 0 Å². The molecule has 9 unspecified atom stereocenters. The van der Waals surface area contributed by atoms with Crippen molar-refractivity contribution in [3.8, 4) is 0 Å². The molecule has 0 spiro atoms. The van der Waals surface area contributed by atoms with Gasteiger partial charge in [-0.05, 0) is 225 Å². The third-order valence-corrected chi connectivity index (χ3v) is 17.2. The van der Waals surface area contributed by atoms with Gasteiger partial charge in [-0.3, -0.25) is 0 Å². The van der Waals surface area contributed by atoms with Gasteiger partial charge in [0.15, 0.2) is 0 Å². The van der Waals surface area contributed by atoms with Crippen molar-refractivity contribution in [3.63, 3.8) is 0 Å². The smallest absolute Gasteiger partial charge is 0.0614 e. The minimum Gasteiger partial charge on any atom is -0.396 e. The Balaban J connectivity index is -0.0000000727. The molecule has 9 atom stereocenters. The molecule has 0 saturated carbocycles. The van der Waals surface area contributed by atoms with Gasteiger partial charge in [0.1, 0.15) is 0 Å².